The zero-order chi connectivity index (χ0) is 8.10. The van der Waals surface area contributed by atoms with Crippen molar-refractivity contribution in [1.29, 1.82) is 0 Å². The minimum absolute atomic E-state index is 0.0461. The van der Waals surface area contributed by atoms with Crippen LogP contribution in [-0.2, 0) is 9.47 Å². The molecule has 0 N–H and O–H groups in total. The highest BCUT2D eigenvalue weighted by molar-refractivity contribution is 4.73. The van der Waals surface area contributed by atoms with Crippen molar-refractivity contribution in [1.82, 2.24) is 0 Å². The Bertz CT molecular complexity index is 123. The van der Waals surface area contributed by atoms with Crippen molar-refractivity contribution in [3.8, 4) is 0 Å². The Morgan fingerprint density at radius 2 is 2.45 bits per heavy atom. The van der Waals surface area contributed by atoms with Gasteiger partial charge in [0.25, 0.3) is 0 Å². The van der Waals surface area contributed by atoms with E-state index in [0.29, 0.717) is 6.10 Å². The van der Waals surface area contributed by atoms with Crippen molar-refractivity contribution in [3.05, 3.63) is 12.7 Å². The van der Waals surface area contributed by atoms with Gasteiger partial charge in [0.2, 0.25) is 0 Å². The Morgan fingerprint density at radius 1 is 1.64 bits per heavy atom. The molecule has 2 atom stereocenters. The molecule has 1 aliphatic rings. The lowest BCUT2D eigenvalue weighted by Crippen LogP contribution is -2.11. The highest BCUT2D eigenvalue weighted by Crippen LogP contribution is 2.23. The third-order valence-corrected chi connectivity index (χ3v) is 2.02. The van der Waals surface area contributed by atoms with Gasteiger partial charge < -0.3 is 9.47 Å². The highest BCUT2D eigenvalue weighted by Gasteiger charge is 2.23. The van der Waals surface area contributed by atoms with E-state index in [1.165, 1.54) is 0 Å². The molecule has 11 heavy (non-hydrogen) atoms. The number of methoxy groups -OCH3 is 1. The molecule has 1 saturated heterocycles. The molecule has 2 unspecified atom stereocenters. The Morgan fingerprint density at radius 3 is 3.00 bits per heavy atom. The average molecular weight is 156 g/mol. The van der Waals surface area contributed by atoms with Gasteiger partial charge in [-0.3, -0.25) is 0 Å². The fourth-order valence-electron chi connectivity index (χ4n) is 1.36. The minimum atomic E-state index is 0.0461. The molecule has 1 heterocycles. The third kappa shape index (κ3) is 2.64. The van der Waals surface area contributed by atoms with Crippen LogP contribution in [0.5, 0.6) is 0 Å². The van der Waals surface area contributed by atoms with Gasteiger partial charge in [-0.15, -0.1) is 6.58 Å². The molecule has 0 saturated carbocycles. The Labute approximate surface area is 68.2 Å². The molecule has 64 valence electrons. The van der Waals surface area contributed by atoms with Crippen molar-refractivity contribution in [2.75, 3.05) is 7.11 Å². The van der Waals surface area contributed by atoms with Gasteiger partial charge in [-0.1, -0.05) is 6.08 Å². The lowest BCUT2D eigenvalue weighted by atomic mass is 10.1. The van der Waals surface area contributed by atoms with E-state index in [1.807, 2.05) is 6.08 Å². The van der Waals surface area contributed by atoms with Crippen molar-refractivity contribution >= 4 is 0 Å². The molecule has 0 spiro atoms. The van der Waals surface area contributed by atoms with E-state index in [4.69, 9.17) is 9.47 Å². The smallest absolute Gasteiger partial charge is 0.157 e. The molecule has 0 aromatic heterocycles. The van der Waals surface area contributed by atoms with Crippen molar-refractivity contribution in [3.63, 3.8) is 0 Å². The maximum absolute atomic E-state index is 5.54. The predicted octanol–water partition coefficient (Wildman–Crippen LogP) is 2.10. The molecule has 2 nitrogen and oxygen atoms in total. The van der Waals surface area contributed by atoms with Gasteiger partial charge in [0.05, 0.1) is 6.10 Å². The fourth-order valence-corrected chi connectivity index (χ4v) is 1.36. The van der Waals surface area contributed by atoms with E-state index >= 15 is 0 Å². The SMILES string of the molecule is C=CCCC1CCC(OC)O1. The van der Waals surface area contributed by atoms with Crippen LogP contribution in [0.3, 0.4) is 0 Å². The van der Waals surface area contributed by atoms with Crippen LogP contribution in [0.4, 0.5) is 0 Å². The maximum atomic E-state index is 5.54. The van der Waals surface area contributed by atoms with Gasteiger partial charge in [-0.05, 0) is 19.3 Å². The van der Waals surface area contributed by atoms with Gasteiger partial charge in [-0.25, -0.2) is 0 Å². The van der Waals surface area contributed by atoms with Crippen molar-refractivity contribution < 1.29 is 9.47 Å². The lowest BCUT2D eigenvalue weighted by molar-refractivity contribution is -0.115. The molecular formula is C9H16O2. The summed E-state index contributed by atoms with van der Waals surface area (Å²) in [6.45, 7) is 3.67. The molecule has 2 heteroatoms. The Hall–Kier alpha value is -0.340. The molecule has 0 bridgehead atoms. The van der Waals surface area contributed by atoms with Crippen LogP contribution in [0.25, 0.3) is 0 Å². The molecular weight excluding hydrogens is 140 g/mol. The number of hydrogen-bond acceptors (Lipinski definition) is 2. The van der Waals surface area contributed by atoms with Gasteiger partial charge in [0.1, 0.15) is 0 Å². The molecule has 1 rings (SSSR count). The maximum Gasteiger partial charge on any atom is 0.157 e. The predicted molar refractivity (Wildman–Crippen MR) is 44.3 cm³/mol. The van der Waals surface area contributed by atoms with Gasteiger partial charge in [0, 0.05) is 13.5 Å². The number of allylic oxidation sites excluding steroid dienone is 1. The normalized spacial score (nSPS) is 30.6. The highest BCUT2D eigenvalue weighted by atomic mass is 16.7. The first kappa shape index (κ1) is 8.75. The monoisotopic (exact) mass is 156 g/mol. The van der Waals surface area contributed by atoms with E-state index in [1.54, 1.807) is 7.11 Å². The summed E-state index contributed by atoms with van der Waals surface area (Å²) >= 11 is 0. The molecule has 0 aromatic carbocycles. The Kier molecular flexibility index (Phi) is 3.60. The molecule has 0 aromatic rings. The van der Waals surface area contributed by atoms with Crippen LogP contribution < -0.4 is 0 Å². The second kappa shape index (κ2) is 4.52. The zero-order valence-corrected chi connectivity index (χ0v) is 7.08. The summed E-state index contributed by atoms with van der Waals surface area (Å²) < 4.78 is 10.6. The second-order valence-electron chi connectivity index (χ2n) is 2.87. The van der Waals surface area contributed by atoms with Crippen LogP contribution in [-0.4, -0.2) is 19.5 Å². The van der Waals surface area contributed by atoms with Crippen LogP contribution >= 0.6 is 0 Å². The second-order valence-corrected chi connectivity index (χ2v) is 2.87. The molecule has 1 fully saturated rings. The number of hydrogen-bond donors (Lipinski definition) is 0. The largest absolute Gasteiger partial charge is 0.356 e. The zero-order valence-electron chi connectivity index (χ0n) is 7.08. The van der Waals surface area contributed by atoms with E-state index in [2.05, 4.69) is 6.58 Å². The quantitative estimate of drug-likeness (QED) is 0.580. The summed E-state index contributed by atoms with van der Waals surface area (Å²) in [5.74, 6) is 0. The standard InChI is InChI=1S/C9H16O2/c1-3-4-5-8-6-7-9(10-2)11-8/h3,8-9H,1,4-7H2,2H3. The van der Waals surface area contributed by atoms with Crippen LogP contribution in [0.2, 0.25) is 0 Å². The lowest BCUT2D eigenvalue weighted by Gasteiger charge is -2.10. The van der Waals surface area contributed by atoms with Crippen LogP contribution in [0, 0.1) is 0 Å². The first-order valence-corrected chi connectivity index (χ1v) is 4.16. The number of ether oxygens (including phenoxy) is 2. The molecule has 0 aliphatic carbocycles. The topological polar surface area (TPSA) is 18.5 Å². The van der Waals surface area contributed by atoms with Gasteiger partial charge in [0.15, 0.2) is 6.29 Å². The first-order chi connectivity index (χ1) is 5.36. The fraction of sp³-hybridized carbons (Fsp3) is 0.778. The Balaban J connectivity index is 2.13. The van der Waals surface area contributed by atoms with E-state index in [0.717, 1.165) is 25.7 Å². The van der Waals surface area contributed by atoms with E-state index in [9.17, 15) is 0 Å². The molecule has 0 amide bonds. The van der Waals surface area contributed by atoms with Crippen LogP contribution in [0.15, 0.2) is 12.7 Å². The van der Waals surface area contributed by atoms with Gasteiger partial charge in [-0.2, -0.15) is 0 Å². The molecule has 1 aliphatic heterocycles. The summed E-state index contributed by atoms with van der Waals surface area (Å²) in [4.78, 5) is 0. The third-order valence-electron chi connectivity index (χ3n) is 2.02. The van der Waals surface area contributed by atoms with E-state index < -0.39 is 0 Å². The van der Waals surface area contributed by atoms with Crippen molar-refractivity contribution in [2.45, 2.75) is 38.1 Å². The minimum Gasteiger partial charge on any atom is -0.356 e. The van der Waals surface area contributed by atoms with Gasteiger partial charge >= 0.3 is 0 Å². The summed E-state index contributed by atoms with van der Waals surface area (Å²) in [6, 6.07) is 0. The summed E-state index contributed by atoms with van der Waals surface area (Å²) in [5.41, 5.74) is 0. The summed E-state index contributed by atoms with van der Waals surface area (Å²) in [5, 5.41) is 0. The first-order valence-electron chi connectivity index (χ1n) is 4.16. The molecule has 0 radical (unpaired) electrons. The van der Waals surface area contributed by atoms with E-state index in [-0.39, 0.29) is 6.29 Å². The van der Waals surface area contributed by atoms with Crippen LogP contribution in [0.1, 0.15) is 25.7 Å². The summed E-state index contributed by atoms with van der Waals surface area (Å²) in [6.07, 6.45) is 6.68. The number of rotatable bonds is 4. The average Bonchev–Trinajstić information content (AvgIpc) is 2.48. The summed E-state index contributed by atoms with van der Waals surface area (Å²) in [7, 11) is 1.69. The van der Waals surface area contributed by atoms with Crippen molar-refractivity contribution in [2.24, 2.45) is 0 Å².